The van der Waals surface area contributed by atoms with E-state index >= 15 is 0 Å². The van der Waals surface area contributed by atoms with E-state index < -0.39 is 0 Å². The predicted octanol–water partition coefficient (Wildman–Crippen LogP) is 16.6. The molecule has 0 N–H and O–H groups in total. The van der Waals surface area contributed by atoms with E-state index in [9.17, 15) is 0 Å². The van der Waals surface area contributed by atoms with Crippen LogP contribution in [0, 0.1) is 0 Å². The van der Waals surface area contributed by atoms with Crippen molar-refractivity contribution in [3.05, 3.63) is 255 Å². The second-order valence-corrected chi connectivity index (χ2v) is 15.6. The molecular weight excluding hydrogens is 749 g/mol. The van der Waals surface area contributed by atoms with Gasteiger partial charge in [-0.3, -0.25) is 0 Å². The van der Waals surface area contributed by atoms with Crippen molar-refractivity contribution < 1.29 is 1.37 Å². The summed E-state index contributed by atoms with van der Waals surface area (Å²) in [7, 11) is 0. The van der Waals surface area contributed by atoms with E-state index in [0.29, 0.717) is 6.04 Å². The molecule has 0 bridgehead atoms. The summed E-state index contributed by atoms with van der Waals surface area (Å²) in [5.41, 5.74) is 18.4. The molecule has 0 fully saturated rings. The highest BCUT2D eigenvalue weighted by Gasteiger charge is 2.20. The zero-order valence-electron chi connectivity index (χ0n) is 35.1. The zero-order valence-corrected chi connectivity index (χ0v) is 34.1. The van der Waals surface area contributed by atoms with Gasteiger partial charge in [-0.25, -0.2) is 0 Å². The Morgan fingerprint density at radius 3 is 1.40 bits per heavy atom. The van der Waals surface area contributed by atoms with Crippen LogP contribution in [0.5, 0.6) is 0 Å². The minimum absolute atomic E-state index is 0.519. The molecule has 0 aliphatic rings. The second kappa shape index (κ2) is 16.1. The van der Waals surface area contributed by atoms with Crippen molar-refractivity contribution >= 4 is 38.9 Å². The highest BCUT2D eigenvalue weighted by Crippen LogP contribution is 2.44. The van der Waals surface area contributed by atoms with Crippen LogP contribution in [0.4, 0.5) is 17.1 Å². The quantitative estimate of drug-likeness (QED) is 0.141. The minimum Gasteiger partial charge on any atom is -0.310 e. The molecule has 0 amide bonds. The molecule has 0 atom stereocenters. The number of anilines is 3. The van der Waals surface area contributed by atoms with Gasteiger partial charge >= 0.3 is 0 Å². The number of hydrogen-bond donors (Lipinski definition) is 0. The smallest absolute Gasteiger partial charge is 0.0623 e. The first-order chi connectivity index (χ1) is 31.2. The van der Waals surface area contributed by atoms with Crippen molar-refractivity contribution in [2.24, 2.45) is 0 Å². The summed E-state index contributed by atoms with van der Waals surface area (Å²) < 4.78 is 10.2. The van der Waals surface area contributed by atoms with Gasteiger partial charge in [0.05, 0.1) is 18.1 Å². The SMILES string of the molecule is [2H]c1ccc(-c2ccc(-c3ccc(N(c4ccc(-c5ccccc5)cc4)c4ccccc4-c4cccc(-c5cccc6c5c5ccccc5n6-c5ccccc5)c4)cc3)cc2)cc1. The maximum absolute atomic E-state index is 7.87. The fourth-order valence-electron chi connectivity index (χ4n) is 8.98. The van der Waals surface area contributed by atoms with Crippen molar-refractivity contribution in [1.29, 1.82) is 0 Å². The Bertz CT molecular complexity index is 3350. The van der Waals surface area contributed by atoms with Gasteiger partial charge in [-0.05, 0) is 111 Å². The highest BCUT2D eigenvalue weighted by molar-refractivity contribution is 6.16. The standard InChI is InChI=1S/C60H42N2/c1-4-16-43(17-5-1)45-30-32-46(33-31-45)48-36-40-53(41-37-48)61(52-38-34-47(35-39-52)44-18-6-2-7-19-44)57-27-12-10-24-54(57)49-20-14-21-50(42-49)55-26-15-29-59-60(55)56-25-11-13-28-58(56)62(59)51-22-8-3-9-23-51/h1-42H/i1D. The van der Waals surface area contributed by atoms with Gasteiger partial charge in [-0.15, -0.1) is 0 Å². The highest BCUT2D eigenvalue weighted by atomic mass is 15.1. The number of rotatable bonds is 9. The van der Waals surface area contributed by atoms with Crippen LogP contribution in [-0.4, -0.2) is 4.57 Å². The second-order valence-electron chi connectivity index (χ2n) is 15.6. The first-order valence-corrected chi connectivity index (χ1v) is 21.2. The van der Waals surface area contributed by atoms with Crippen LogP contribution in [0.1, 0.15) is 1.37 Å². The lowest BCUT2D eigenvalue weighted by Crippen LogP contribution is -2.11. The van der Waals surface area contributed by atoms with E-state index in [1.54, 1.807) is 0 Å². The van der Waals surface area contributed by atoms with Crippen LogP contribution < -0.4 is 4.90 Å². The third kappa shape index (κ3) is 6.84. The minimum atomic E-state index is 0.519. The van der Waals surface area contributed by atoms with Crippen molar-refractivity contribution in [2.75, 3.05) is 4.90 Å². The fraction of sp³-hybridized carbons (Fsp3) is 0. The van der Waals surface area contributed by atoms with Gasteiger partial charge in [-0.1, -0.05) is 194 Å². The van der Waals surface area contributed by atoms with Crippen LogP contribution in [-0.2, 0) is 0 Å². The number of fused-ring (bicyclic) bond motifs is 3. The van der Waals surface area contributed by atoms with E-state index in [2.05, 4.69) is 234 Å². The molecule has 0 saturated heterocycles. The third-order valence-corrected chi connectivity index (χ3v) is 12.0. The van der Waals surface area contributed by atoms with Crippen LogP contribution >= 0.6 is 0 Å². The van der Waals surface area contributed by atoms with E-state index in [-0.39, 0.29) is 0 Å². The van der Waals surface area contributed by atoms with Crippen molar-refractivity contribution in [3.63, 3.8) is 0 Å². The molecule has 2 nitrogen and oxygen atoms in total. The Morgan fingerprint density at radius 2 is 0.758 bits per heavy atom. The maximum Gasteiger partial charge on any atom is 0.0623 e. The summed E-state index contributed by atoms with van der Waals surface area (Å²) in [5.74, 6) is 0. The normalized spacial score (nSPS) is 11.5. The van der Waals surface area contributed by atoms with Gasteiger partial charge in [-0.2, -0.15) is 0 Å². The molecule has 0 spiro atoms. The van der Waals surface area contributed by atoms with E-state index in [0.717, 1.165) is 56.1 Å². The zero-order chi connectivity index (χ0) is 42.1. The van der Waals surface area contributed by atoms with Crippen LogP contribution in [0.25, 0.3) is 83.1 Å². The Balaban J connectivity index is 1.01. The molecule has 0 aliphatic carbocycles. The lowest BCUT2D eigenvalue weighted by atomic mass is 9.94. The van der Waals surface area contributed by atoms with Gasteiger partial charge in [0.2, 0.25) is 0 Å². The Labute approximate surface area is 364 Å². The van der Waals surface area contributed by atoms with E-state index in [4.69, 9.17) is 1.37 Å². The first-order valence-electron chi connectivity index (χ1n) is 21.7. The number of aromatic nitrogens is 1. The molecule has 0 aliphatic heterocycles. The maximum atomic E-state index is 7.87. The van der Waals surface area contributed by atoms with Crippen molar-refractivity contribution in [1.82, 2.24) is 4.57 Å². The van der Waals surface area contributed by atoms with E-state index in [1.807, 2.05) is 24.3 Å². The monoisotopic (exact) mass is 791 g/mol. The molecule has 1 heterocycles. The third-order valence-electron chi connectivity index (χ3n) is 12.0. The van der Waals surface area contributed by atoms with Gasteiger partial charge in [0.25, 0.3) is 0 Å². The summed E-state index contributed by atoms with van der Waals surface area (Å²) >= 11 is 0. The largest absolute Gasteiger partial charge is 0.310 e. The average Bonchev–Trinajstić information content (AvgIpc) is 3.70. The van der Waals surface area contributed by atoms with Gasteiger partial charge < -0.3 is 9.47 Å². The molecular formula is C60H42N2. The molecule has 0 unspecified atom stereocenters. The van der Waals surface area contributed by atoms with Gasteiger partial charge in [0.1, 0.15) is 0 Å². The van der Waals surface area contributed by atoms with Gasteiger partial charge in [0, 0.05) is 33.4 Å². The number of hydrogen-bond acceptors (Lipinski definition) is 1. The summed E-state index contributed by atoms with van der Waals surface area (Å²) in [4.78, 5) is 2.38. The molecule has 1 aromatic heterocycles. The number of benzene rings is 10. The average molecular weight is 792 g/mol. The van der Waals surface area contributed by atoms with E-state index in [1.165, 1.54) is 44.1 Å². The lowest BCUT2D eigenvalue weighted by molar-refractivity contribution is 1.18. The molecule has 62 heavy (non-hydrogen) atoms. The molecule has 11 rings (SSSR count). The first kappa shape index (κ1) is 35.7. The van der Waals surface area contributed by atoms with Crippen molar-refractivity contribution in [2.45, 2.75) is 0 Å². The van der Waals surface area contributed by atoms with Gasteiger partial charge in [0.15, 0.2) is 0 Å². The Kier molecular flexibility index (Phi) is 9.28. The predicted molar refractivity (Wildman–Crippen MR) is 263 cm³/mol. The number of para-hydroxylation sites is 3. The summed E-state index contributed by atoms with van der Waals surface area (Å²) in [6.45, 7) is 0. The molecule has 292 valence electrons. The summed E-state index contributed by atoms with van der Waals surface area (Å²) in [6.07, 6.45) is 0. The van der Waals surface area contributed by atoms with Crippen LogP contribution in [0.15, 0.2) is 255 Å². The summed E-state index contributed by atoms with van der Waals surface area (Å²) in [6, 6.07) is 89.2. The molecule has 10 aromatic carbocycles. The Hall–Kier alpha value is -8.20. The Morgan fingerprint density at radius 1 is 0.323 bits per heavy atom. The molecule has 11 aromatic rings. The van der Waals surface area contributed by atoms with Crippen LogP contribution in [0.3, 0.4) is 0 Å². The molecule has 0 saturated carbocycles. The number of nitrogens with zero attached hydrogens (tertiary/aromatic N) is 2. The fourth-order valence-corrected chi connectivity index (χ4v) is 8.98. The van der Waals surface area contributed by atoms with Crippen molar-refractivity contribution in [3.8, 4) is 61.3 Å². The molecule has 2 heteroatoms. The topological polar surface area (TPSA) is 8.17 Å². The summed E-state index contributed by atoms with van der Waals surface area (Å²) in [5, 5.41) is 2.49. The molecule has 0 radical (unpaired) electrons. The lowest BCUT2D eigenvalue weighted by Gasteiger charge is -2.28. The van der Waals surface area contributed by atoms with Crippen LogP contribution in [0.2, 0.25) is 0 Å².